The minimum atomic E-state index is 0.455. The summed E-state index contributed by atoms with van der Waals surface area (Å²) in [6.07, 6.45) is 1.06. The normalized spacial score (nSPS) is 15.4. The molecule has 0 nitrogen and oxygen atoms in total. The van der Waals surface area contributed by atoms with Gasteiger partial charge in [-0.25, -0.2) is 8.78 Å². The molecule has 0 saturated heterocycles. The molecule has 2 aromatic rings. The van der Waals surface area contributed by atoms with Crippen LogP contribution in [0, 0.1) is 10.4 Å². The largest absolute Gasteiger partial charge is 0.215 e. The van der Waals surface area contributed by atoms with E-state index >= 15 is 0 Å². The van der Waals surface area contributed by atoms with E-state index in [1.807, 2.05) is 0 Å². The molecule has 0 aliphatic carbocycles. The summed E-state index contributed by atoms with van der Waals surface area (Å²) in [5, 5.41) is 2.29. The fourth-order valence-electron chi connectivity index (χ4n) is 1.67. The average molecular weight is 216 g/mol. The Labute approximate surface area is 91.5 Å². The number of hydrogen-bond acceptors (Lipinski definition) is 0. The number of benzene rings is 2. The minimum Gasteiger partial charge on any atom is -0.215 e. The zero-order valence-corrected chi connectivity index (χ0v) is 8.53. The van der Waals surface area contributed by atoms with Crippen molar-refractivity contribution in [3.63, 3.8) is 0 Å². The van der Waals surface area contributed by atoms with Crippen molar-refractivity contribution in [3.05, 3.63) is 69.4 Å². The molecule has 80 valence electrons. The maximum Gasteiger partial charge on any atom is 0.0945 e. The molecule has 2 heteroatoms. The van der Waals surface area contributed by atoms with E-state index in [4.69, 9.17) is 0 Å². The van der Waals surface area contributed by atoms with Crippen LogP contribution in [0.1, 0.15) is 0 Å². The van der Waals surface area contributed by atoms with Crippen LogP contribution in [-0.2, 0) is 0 Å². The molecule has 0 N–H and O–H groups in total. The highest BCUT2D eigenvalue weighted by atomic mass is 19.1. The Morgan fingerprint density at radius 2 is 1.00 bits per heavy atom. The molecular formula is C14H10F2. The van der Waals surface area contributed by atoms with Gasteiger partial charge < -0.3 is 0 Å². The summed E-state index contributed by atoms with van der Waals surface area (Å²) in [4.78, 5) is 0. The van der Waals surface area contributed by atoms with Gasteiger partial charge in [0.25, 0.3) is 0 Å². The smallest absolute Gasteiger partial charge is 0.0945 e. The molecule has 0 amide bonds. The van der Waals surface area contributed by atoms with Crippen molar-refractivity contribution in [2.24, 2.45) is 0 Å². The van der Waals surface area contributed by atoms with Gasteiger partial charge in [0.2, 0.25) is 0 Å². The Balaban J connectivity index is 3.16. The molecular weight excluding hydrogens is 206 g/mol. The van der Waals surface area contributed by atoms with Gasteiger partial charge in [-0.15, -0.1) is 0 Å². The monoisotopic (exact) mass is 216 g/mol. The van der Waals surface area contributed by atoms with Gasteiger partial charge in [-0.3, -0.25) is 0 Å². The van der Waals surface area contributed by atoms with Crippen molar-refractivity contribution in [3.8, 4) is 0 Å². The van der Waals surface area contributed by atoms with Gasteiger partial charge in [0.15, 0.2) is 0 Å². The van der Waals surface area contributed by atoms with Crippen LogP contribution in [-0.4, -0.2) is 0 Å². The van der Waals surface area contributed by atoms with Crippen LogP contribution in [0.15, 0.2) is 48.5 Å². The molecule has 0 aliphatic heterocycles. The van der Waals surface area contributed by atoms with Crippen LogP contribution in [0.5, 0.6) is 0 Å². The van der Waals surface area contributed by atoms with Crippen molar-refractivity contribution >= 4 is 12.7 Å². The highest BCUT2D eigenvalue weighted by Gasteiger charge is 1.89. The Morgan fingerprint density at radius 1 is 0.625 bits per heavy atom. The molecule has 0 aromatic heterocycles. The zero-order valence-electron chi connectivity index (χ0n) is 8.53. The first-order valence-corrected chi connectivity index (χ1v) is 4.92. The van der Waals surface area contributed by atoms with Gasteiger partial charge in [-0.1, -0.05) is 48.5 Å². The van der Waals surface area contributed by atoms with Crippen LogP contribution < -0.4 is 10.4 Å². The molecule has 0 radical (unpaired) electrons. The van der Waals surface area contributed by atoms with Gasteiger partial charge in [-0.05, 0) is 10.4 Å². The summed E-state index contributed by atoms with van der Waals surface area (Å²) in [5.74, 6) is 0. The van der Waals surface area contributed by atoms with Gasteiger partial charge in [0.05, 0.1) is 12.7 Å². The predicted octanol–water partition coefficient (Wildman–Crippen LogP) is 2.39. The quantitative estimate of drug-likeness (QED) is 0.634. The second-order valence-electron chi connectivity index (χ2n) is 3.39. The molecule has 0 aliphatic rings. The lowest BCUT2D eigenvalue weighted by atomic mass is 10.1. The van der Waals surface area contributed by atoms with Crippen LogP contribution in [0.25, 0.3) is 12.7 Å². The number of rotatable bonds is 0. The highest BCUT2D eigenvalue weighted by molar-refractivity contribution is 5.25. The van der Waals surface area contributed by atoms with Gasteiger partial charge in [0.1, 0.15) is 0 Å². The second-order valence-corrected chi connectivity index (χ2v) is 3.39. The molecule has 0 bridgehead atoms. The summed E-state index contributed by atoms with van der Waals surface area (Å²) < 4.78 is 25.4. The van der Waals surface area contributed by atoms with Crippen molar-refractivity contribution in [1.29, 1.82) is 0 Å². The lowest BCUT2D eigenvalue weighted by Gasteiger charge is -1.91. The van der Waals surface area contributed by atoms with E-state index < -0.39 is 0 Å². The molecule has 2 rings (SSSR count). The van der Waals surface area contributed by atoms with Crippen molar-refractivity contribution in [1.82, 2.24) is 0 Å². The van der Waals surface area contributed by atoms with Gasteiger partial charge in [0, 0.05) is 10.4 Å². The molecule has 16 heavy (non-hydrogen) atoms. The molecule has 0 saturated carbocycles. The van der Waals surface area contributed by atoms with Crippen LogP contribution >= 0.6 is 0 Å². The Morgan fingerprint density at radius 3 is 1.38 bits per heavy atom. The summed E-state index contributed by atoms with van der Waals surface area (Å²) in [6, 6.07) is 14.0. The molecule has 0 unspecified atom stereocenters. The van der Waals surface area contributed by atoms with E-state index in [0.29, 0.717) is 33.5 Å². The van der Waals surface area contributed by atoms with E-state index in [2.05, 4.69) is 0 Å². The summed E-state index contributed by atoms with van der Waals surface area (Å²) in [5.41, 5.74) is 0. The minimum absolute atomic E-state index is 0.455. The lowest BCUT2D eigenvalue weighted by molar-refractivity contribution is 0.794. The average Bonchev–Trinajstić information content (AvgIpc) is 2.38. The fourth-order valence-corrected chi connectivity index (χ4v) is 1.67. The van der Waals surface area contributed by atoms with E-state index in [1.54, 1.807) is 48.5 Å². The maximum absolute atomic E-state index is 12.7. The van der Waals surface area contributed by atoms with Crippen LogP contribution in [0.2, 0.25) is 0 Å². The molecule has 0 fully saturated rings. The SMILES string of the molecule is F\C=c1/cccc/c1=c1/cccc/c1=C\F. The van der Waals surface area contributed by atoms with E-state index in [9.17, 15) is 8.78 Å². The summed E-state index contributed by atoms with van der Waals surface area (Å²) >= 11 is 0. The van der Waals surface area contributed by atoms with E-state index in [-0.39, 0.29) is 0 Å². The summed E-state index contributed by atoms with van der Waals surface area (Å²) in [6.45, 7) is 0. The van der Waals surface area contributed by atoms with Crippen LogP contribution in [0.3, 0.4) is 0 Å². The molecule has 2 aromatic carbocycles. The third-order valence-electron chi connectivity index (χ3n) is 2.45. The third kappa shape index (κ3) is 1.87. The standard InChI is InChI=1S/C14H10F2/c15-9-11-5-1-3-7-13(11)14-8-4-2-6-12(14)10-16/h1-10H/b11-9+,12-10+,14-13+. The highest BCUT2D eigenvalue weighted by Crippen LogP contribution is 1.90. The second kappa shape index (κ2) is 4.71. The predicted molar refractivity (Wildman–Crippen MR) is 61.0 cm³/mol. The first-order chi connectivity index (χ1) is 7.86. The Bertz CT molecular complexity index is 626. The molecule has 0 atom stereocenters. The topological polar surface area (TPSA) is 0 Å². The Hall–Kier alpha value is -1.96. The fraction of sp³-hybridized carbons (Fsp3) is 0. The number of halogens is 2. The van der Waals surface area contributed by atoms with Crippen LogP contribution in [0.4, 0.5) is 8.78 Å². The molecule has 0 spiro atoms. The third-order valence-corrected chi connectivity index (χ3v) is 2.45. The summed E-state index contributed by atoms with van der Waals surface area (Å²) in [7, 11) is 0. The van der Waals surface area contributed by atoms with E-state index in [0.717, 1.165) is 0 Å². The van der Waals surface area contributed by atoms with Crippen molar-refractivity contribution in [2.45, 2.75) is 0 Å². The Kier molecular flexibility index (Phi) is 3.10. The maximum atomic E-state index is 12.7. The van der Waals surface area contributed by atoms with Gasteiger partial charge >= 0.3 is 0 Å². The number of hydrogen-bond donors (Lipinski definition) is 0. The van der Waals surface area contributed by atoms with Crippen molar-refractivity contribution < 1.29 is 8.78 Å². The van der Waals surface area contributed by atoms with E-state index in [1.165, 1.54) is 0 Å². The van der Waals surface area contributed by atoms with Crippen molar-refractivity contribution in [2.75, 3.05) is 0 Å². The van der Waals surface area contributed by atoms with Gasteiger partial charge in [-0.2, -0.15) is 0 Å². The first-order valence-electron chi connectivity index (χ1n) is 4.92. The molecule has 0 heterocycles. The first kappa shape index (κ1) is 10.6. The zero-order chi connectivity index (χ0) is 11.4. The lowest BCUT2D eigenvalue weighted by Crippen LogP contribution is -2.07.